The van der Waals surface area contributed by atoms with Gasteiger partial charge in [0.05, 0.1) is 12.1 Å². The highest BCUT2D eigenvalue weighted by Crippen LogP contribution is 2.20. The van der Waals surface area contributed by atoms with Crippen LogP contribution in [0.15, 0.2) is 18.2 Å². The van der Waals surface area contributed by atoms with Gasteiger partial charge in [-0.1, -0.05) is 0 Å². The standard InChI is InChI=1S/C11H12N4O/c12-6-8-5-9(1-2-10(8)13)15-4-3-14-11(16)7-15/h1-2,5H,3-4,7,13H2,(H,14,16). The first-order valence-corrected chi connectivity index (χ1v) is 5.02. The molecule has 0 bridgehead atoms. The molecule has 0 unspecified atom stereocenters. The molecule has 0 radical (unpaired) electrons. The molecule has 16 heavy (non-hydrogen) atoms. The zero-order valence-electron chi connectivity index (χ0n) is 8.73. The Morgan fingerprint density at radius 2 is 2.31 bits per heavy atom. The van der Waals surface area contributed by atoms with E-state index >= 15 is 0 Å². The van der Waals surface area contributed by atoms with Crippen molar-refractivity contribution in [3.63, 3.8) is 0 Å². The van der Waals surface area contributed by atoms with Crippen molar-refractivity contribution in [3.8, 4) is 6.07 Å². The number of hydrogen-bond donors (Lipinski definition) is 2. The average Bonchev–Trinajstić information content (AvgIpc) is 2.29. The molecule has 1 aromatic carbocycles. The topological polar surface area (TPSA) is 82.2 Å². The van der Waals surface area contributed by atoms with E-state index in [-0.39, 0.29) is 5.91 Å². The molecular weight excluding hydrogens is 204 g/mol. The van der Waals surface area contributed by atoms with Gasteiger partial charge in [0.15, 0.2) is 0 Å². The molecule has 0 atom stereocenters. The van der Waals surface area contributed by atoms with Crippen molar-refractivity contribution < 1.29 is 4.79 Å². The second-order valence-electron chi connectivity index (χ2n) is 3.65. The van der Waals surface area contributed by atoms with E-state index in [2.05, 4.69) is 5.32 Å². The molecule has 1 fully saturated rings. The number of hydrogen-bond acceptors (Lipinski definition) is 4. The van der Waals surface area contributed by atoms with E-state index in [9.17, 15) is 4.79 Å². The number of piperazine rings is 1. The Kier molecular flexibility index (Phi) is 2.64. The van der Waals surface area contributed by atoms with Crippen LogP contribution in [0.5, 0.6) is 0 Å². The molecule has 5 heteroatoms. The summed E-state index contributed by atoms with van der Waals surface area (Å²) in [4.78, 5) is 13.2. The molecule has 1 amide bonds. The summed E-state index contributed by atoms with van der Waals surface area (Å²) in [7, 11) is 0. The van der Waals surface area contributed by atoms with Crippen molar-refractivity contribution in [1.82, 2.24) is 5.32 Å². The number of nitrogens with two attached hydrogens (primary N) is 1. The van der Waals surface area contributed by atoms with Crippen LogP contribution in [0, 0.1) is 11.3 Å². The number of amides is 1. The van der Waals surface area contributed by atoms with Crippen molar-refractivity contribution >= 4 is 17.3 Å². The van der Waals surface area contributed by atoms with E-state index in [1.807, 2.05) is 17.0 Å². The average molecular weight is 216 g/mol. The third-order valence-corrected chi connectivity index (χ3v) is 2.56. The molecule has 1 heterocycles. The molecule has 1 saturated heterocycles. The van der Waals surface area contributed by atoms with E-state index in [4.69, 9.17) is 11.0 Å². The predicted octanol–water partition coefficient (Wildman–Crippen LogP) is 0.0767. The molecule has 0 saturated carbocycles. The highest BCUT2D eigenvalue weighted by atomic mass is 16.2. The van der Waals surface area contributed by atoms with Gasteiger partial charge in [-0.05, 0) is 18.2 Å². The number of nitriles is 1. The molecule has 82 valence electrons. The van der Waals surface area contributed by atoms with Crippen molar-refractivity contribution in [2.45, 2.75) is 0 Å². The quantitative estimate of drug-likeness (QED) is 0.651. The van der Waals surface area contributed by atoms with Gasteiger partial charge in [0.1, 0.15) is 6.07 Å². The van der Waals surface area contributed by atoms with Crippen LogP contribution >= 0.6 is 0 Å². The Hall–Kier alpha value is -2.22. The number of rotatable bonds is 1. The van der Waals surface area contributed by atoms with E-state index in [0.29, 0.717) is 24.3 Å². The van der Waals surface area contributed by atoms with Crippen molar-refractivity contribution in [2.24, 2.45) is 0 Å². The van der Waals surface area contributed by atoms with Gasteiger partial charge in [-0.3, -0.25) is 4.79 Å². The molecular formula is C11H12N4O. The summed E-state index contributed by atoms with van der Waals surface area (Å²) in [6.45, 7) is 1.71. The van der Waals surface area contributed by atoms with Gasteiger partial charge < -0.3 is 16.0 Å². The Balaban J connectivity index is 2.27. The summed E-state index contributed by atoms with van der Waals surface area (Å²) in [5.74, 6) is 0.00147. The number of benzene rings is 1. The highest BCUT2D eigenvalue weighted by Gasteiger charge is 2.16. The maximum absolute atomic E-state index is 11.2. The maximum atomic E-state index is 11.2. The van der Waals surface area contributed by atoms with Gasteiger partial charge in [-0.15, -0.1) is 0 Å². The second-order valence-corrected chi connectivity index (χ2v) is 3.65. The number of carbonyl (C=O) groups excluding carboxylic acids is 1. The lowest BCUT2D eigenvalue weighted by molar-refractivity contribution is -0.120. The first-order chi connectivity index (χ1) is 7.70. The van der Waals surface area contributed by atoms with Gasteiger partial charge >= 0.3 is 0 Å². The lowest BCUT2D eigenvalue weighted by Gasteiger charge is -2.28. The fourth-order valence-corrected chi connectivity index (χ4v) is 1.70. The maximum Gasteiger partial charge on any atom is 0.239 e. The van der Waals surface area contributed by atoms with Gasteiger partial charge in [0.2, 0.25) is 5.91 Å². The van der Waals surface area contributed by atoms with Crippen molar-refractivity contribution in [1.29, 1.82) is 5.26 Å². The van der Waals surface area contributed by atoms with E-state index in [0.717, 1.165) is 12.2 Å². The molecule has 0 aromatic heterocycles. The molecule has 0 aliphatic carbocycles. The Bertz CT molecular complexity index is 464. The molecule has 2 rings (SSSR count). The number of nitrogens with one attached hydrogen (secondary N) is 1. The smallest absolute Gasteiger partial charge is 0.239 e. The summed E-state index contributed by atoms with van der Waals surface area (Å²) in [5, 5.41) is 11.6. The first-order valence-electron chi connectivity index (χ1n) is 5.02. The molecule has 5 nitrogen and oxygen atoms in total. The summed E-state index contributed by atoms with van der Waals surface area (Å²) in [5.41, 5.74) is 7.41. The highest BCUT2D eigenvalue weighted by molar-refractivity contribution is 5.83. The monoisotopic (exact) mass is 216 g/mol. The Morgan fingerprint density at radius 1 is 1.50 bits per heavy atom. The lowest BCUT2D eigenvalue weighted by atomic mass is 10.1. The summed E-state index contributed by atoms with van der Waals surface area (Å²) >= 11 is 0. The third-order valence-electron chi connectivity index (χ3n) is 2.56. The van der Waals surface area contributed by atoms with Crippen molar-refractivity contribution in [3.05, 3.63) is 23.8 Å². The van der Waals surface area contributed by atoms with E-state index < -0.39 is 0 Å². The van der Waals surface area contributed by atoms with Crippen LogP contribution in [0.3, 0.4) is 0 Å². The molecule has 3 N–H and O–H groups in total. The fraction of sp³-hybridized carbons (Fsp3) is 0.273. The Labute approximate surface area is 93.5 Å². The minimum absolute atomic E-state index is 0.00147. The fourth-order valence-electron chi connectivity index (χ4n) is 1.70. The van der Waals surface area contributed by atoms with Gasteiger partial charge in [0.25, 0.3) is 0 Å². The largest absolute Gasteiger partial charge is 0.398 e. The second kappa shape index (κ2) is 4.11. The zero-order valence-corrected chi connectivity index (χ0v) is 8.73. The van der Waals surface area contributed by atoms with Crippen LogP contribution in [0.1, 0.15) is 5.56 Å². The lowest BCUT2D eigenvalue weighted by Crippen LogP contribution is -2.47. The first kappa shape index (κ1) is 10.3. The van der Waals surface area contributed by atoms with Gasteiger partial charge in [0, 0.05) is 24.5 Å². The molecule has 1 aliphatic rings. The molecule has 1 aliphatic heterocycles. The zero-order chi connectivity index (χ0) is 11.5. The minimum Gasteiger partial charge on any atom is -0.398 e. The van der Waals surface area contributed by atoms with Crippen LogP contribution in [0.25, 0.3) is 0 Å². The summed E-state index contributed by atoms with van der Waals surface area (Å²) < 4.78 is 0. The van der Waals surface area contributed by atoms with Crippen LogP contribution in [0.4, 0.5) is 11.4 Å². The molecule has 1 aromatic rings. The van der Waals surface area contributed by atoms with Crippen LogP contribution in [-0.2, 0) is 4.79 Å². The number of nitrogens with zero attached hydrogens (tertiary/aromatic N) is 2. The van der Waals surface area contributed by atoms with Crippen LogP contribution in [-0.4, -0.2) is 25.5 Å². The van der Waals surface area contributed by atoms with Gasteiger partial charge in [-0.2, -0.15) is 5.26 Å². The Morgan fingerprint density at radius 3 is 3.00 bits per heavy atom. The minimum atomic E-state index is 0.00147. The summed E-state index contributed by atoms with van der Waals surface area (Å²) in [6, 6.07) is 7.27. The van der Waals surface area contributed by atoms with E-state index in [1.54, 1.807) is 12.1 Å². The SMILES string of the molecule is N#Cc1cc(N2CCNC(=O)C2)ccc1N. The third kappa shape index (κ3) is 1.91. The molecule has 0 spiro atoms. The van der Waals surface area contributed by atoms with Gasteiger partial charge in [-0.25, -0.2) is 0 Å². The van der Waals surface area contributed by atoms with Crippen LogP contribution < -0.4 is 16.0 Å². The van der Waals surface area contributed by atoms with E-state index in [1.165, 1.54) is 0 Å². The summed E-state index contributed by atoms with van der Waals surface area (Å²) in [6.07, 6.45) is 0. The van der Waals surface area contributed by atoms with Crippen molar-refractivity contribution in [2.75, 3.05) is 30.3 Å². The predicted molar refractivity (Wildman–Crippen MR) is 60.8 cm³/mol. The number of anilines is 2. The number of carbonyl (C=O) groups is 1. The normalized spacial score (nSPS) is 15.4. The van der Waals surface area contributed by atoms with Crippen LogP contribution in [0.2, 0.25) is 0 Å². The number of nitrogen functional groups attached to an aromatic ring is 1.